The summed E-state index contributed by atoms with van der Waals surface area (Å²) < 4.78 is 38.8. The third kappa shape index (κ3) is 3.60. The molecule has 1 aromatic carbocycles. The number of nitrogens with zero attached hydrogens (tertiary/aromatic N) is 2. The Morgan fingerprint density at radius 3 is 2.45 bits per heavy atom. The zero-order valence-electron chi connectivity index (χ0n) is 11.1. The van der Waals surface area contributed by atoms with Gasteiger partial charge >= 0.3 is 6.18 Å². The molecule has 1 N–H and O–H groups in total. The van der Waals surface area contributed by atoms with Crippen LogP contribution >= 0.6 is 0 Å². The number of likely N-dealkylation sites (N-methyl/N-ethyl adjacent to an activating group) is 1. The van der Waals surface area contributed by atoms with Crippen molar-refractivity contribution >= 4 is 0 Å². The zero-order valence-corrected chi connectivity index (χ0v) is 11.1. The Morgan fingerprint density at radius 2 is 1.85 bits per heavy atom. The Balaban J connectivity index is 2.15. The summed E-state index contributed by atoms with van der Waals surface area (Å²) in [5.74, 6) is 0. The minimum absolute atomic E-state index is 0.343. The number of aromatic nitrogens is 2. The predicted molar refractivity (Wildman–Crippen MR) is 70.4 cm³/mol. The Bertz CT molecular complexity index is 561. The van der Waals surface area contributed by atoms with Gasteiger partial charge in [-0.05, 0) is 37.2 Å². The fourth-order valence-corrected chi connectivity index (χ4v) is 1.99. The Kier molecular flexibility index (Phi) is 4.44. The van der Waals surface area contributed by atoms with Crippen LogP contribution in [-0.4, -0.2) is 23.4 Å². The molecule has 0 saturated heterocycles. The molecule has 6 heteroatoms. The first-order valence-corrected chi connectivity index (χ1v) is 6.32. The molecule has 1 heterocycles. The second kappa shape index (κ2) is 6.09. The van der Waals surface area contributed by atoms with Gasteiger partial charge in [-0.3, -0.25) is 4.68 Å². The zero-order chi connectivity index (χ0) is 14.6. The first-order valence-electron chi connectivity index (χ1n) is 6.32. The fraction of sp³-hybridized carbons (Fsp3) is 0.357. The highest BCUT2D eigenvalue weighted by Crippen LogP contribution is 2.27. The van der Waals surface area contributed by atoms with E-state index in [2.05, 4.69) is 10.4 Å². The normalized spacial score (nSPS) is 11.8. The molecular weight excluding hydrogens is 267 g/mol. The summed E-state index contributed by atoms with van der Waals surface area (Å²) in [6.45, 7) is 1.17. The van der Waals surface area contributed by atoms with Crippen LogP contribution in [0.25, 0.3) is 0 Å². The molecule has 2 aromatic rings. The van der Waals surface area contributed by atoms with Gasteiger partial charge in [0.2, 0.25) is 0 Å². The van der Waals surface area contributed by atoms with Crippen LogP contribution in [0.15, 0.2) is 36.5 Å². The van der Waals surface area contributed by atoms with Crippen LogP contribution in [0.3, 0.4) is 0 Å². The number of halogens is 3. The van der Waals surface area contributed by atoms with E-state index < -0.39 is 11.9 Å². The highest BCUT2D eigenvalue weighted by molar-refractivity contribution is 5.27. The molecule has 0 fully saturated rings. The SMILES string of the molecule is CNCCc1ccccc1Cn1ccc(C(F)(F)F)n1. The minimum Gasteiger partial charge on any atom is -0.319 e. The number of nitrogens with one attached hydrogen (secondary N) is 1. The van der Waals surface area contributed by atoms with Crippen molar-refractivity contribution < 1.29 is 13.2 Å². The Hall–Kier alpha value is -1.82. The summed E-state index contributed by atoms with van der Waals surface area (Å²) in [4.78, 5) is 0. The predicted octanol–water partition coefficient (Wildman–Crippen LogP) is 2.71. The van der Waals surface area contributed by atoms with E-state index in [4.69, 9.17) is 0 Å². The molecule has 2 rings (SSSR count). The molecular formula is C14H16F3N3. The Labute approximate surface area is 115 Å². The van der Waals surface area contributed by atoms with Crippen LogP contribution < -0.4 is 5.32 Å². The van der Waals surface area contributed by atoms with Gasteiger partial charge < -0.3 is 5.32 Å². The van der Waals surface area contributed by atoms with E-state index in [1.165, 1.54) is 10.9 Å². The standard InChI is InChI=1S/C14H16F3N3/c1-18-8-6-11-4-2-3-5-12(11)10-20-9-7-13(19-20)14(15,16)17/h2-5,7,9,18H,6,8,10H2,1H3. The van der Waals surface area contributed by atoms with Crippen LogP contribution in [0.4, 0.5) is 13.2 Å². The average Bonchev–Trinajstić information content (AvgIpc) is 2.86. The maximum atomic E-state index is 12.5. The van der Waals surface area contributed by atoms with Crippen molar-refractivity contribution in [3.05, 3.63) is 53.3 Å². The molecule has 0 spiro atoms. The van der Waals surface area contributed by atoms with E-state index in [0.29, 0.717) is 6.54 Å². The molecule has 0 bridgehead atoms. The van der Waals surface area contributed by atoms with E-state index in [9.17, 15) is 13.2 Å². The second-order valence-corrected chi connectivity index (χ2v) is 4.52. The van der Waals surface area contributed by atoms with Crippen LogP contribution in [0, 0.1) is 0 Å². The fourth-order valence-electron chi connectivity index (χ4n) is 1.99. The molecule has 0 amide bonds. The smallest absolute Gasteiger partial charge is 0.319 e. The van der Waals surface area contributed by atoms with Gasteiger partial charge in [-0.15, -0.1) is 0 Å². The minimum atomic E-state index is -4.39. The first-order chi connectivity index (χ1) is 9.50. The molecule has 3 nitrogen and oxygen atoms in total. The molecule has 0 unspecified atom stereocenters. The number of rotatable bonds is 5. The van der Waals surface area contributed by atoms with Crippen molar-refractivity contribution in [1.29, 1.82) is 0 Å². The van der Waals surface area contributed by atoms with Crippen LogP contribution in [-0.2, 0) is 19.1 Å². The second-order valence-electron chi connectivity index (χ2n) is 4.52. The van der Waals surface area contributed by atoms with E-state index >= 15 is 0 Å². The van der Waals surface area contributed by atoms with Crippen molar-refractivity contribution in [3.63, 3.8) is 0 Å². The molecule has 0 radical (unpaired) electrons. The van der Waals surface area contributed by atoms with Crippen LogP contribution in [0.2, 0.25) is 0 Å². The van der Waals surface area contributed by atoms with Crippen LogP contribution in [0.1, 0.15) is 16.8 Å². The van der Waals surface area contributed by atoms with Gasteiger partial charge in [0.05, 0.1) is 6.54 Å². The van der Waals surface area contributed by atoms with E-state index in [0.717, 1.165) is 30.2 Å². The maximum Gasteiger partial charge on any atom is 0.435 e. The van der Waals surface area contributed by atoms with E-state index in [1.54, 1.807) is 0 Å². The molecule has 0 atom stereocenters. The van der Waals surface area contributed by atoms with Crippen LogP contribution in [0.5, 0.6) is 0 Å². The van der Waals surface area contributed by atoms with Gasteiger partial charge in [-0.1, -0.05) is 24.3 Å². The lowest BCUT2D eigenvalue weighted by Crippen LogP contribution is -2.13. The van der Waals surface area contributed by atoms with Crippen molar-refractivity contribution in [3.8, 4) is 0 Å². The van der Waals surface area contributed by atoms with Gasteiger partial charge in [0.25, 0.3) is 0 Å². The van der Waals surface area contributed by atoms with Crippen molar-refractivity contribution in [2.24, 2.45) is 0 Å². The summed E-state index contributed by atoms with van der Waals surface area (Å²) in [7, 11) is 1.87. The quantitative estimate of drug-likeness (QED) is 0.914. The van der Waals surface area contributed by atoms with Gasteiger partial charge in [0.1, 0.15) is 0 Å². The van der Waals surface area contributed by atoms with Gasteiger partial charge in [0.15, 0.2) is 5.69 Å². The third-order valence-electron chi connectivity index (χ3n) is 3.03. The number of hydrogen-bond acceptors (Lipinski definition) is 2. The highest BCUT2D eigenvalue weighted by atomic mass is 19.4. The Morgan fingerprint density at radius 1 is 1.15 bits per heavy atom. The monoisotopic (exact) mass is 283 g/mol. The summed E-state index contributed by atoms with van der Waals surface area (Å²) in [6, 6.07) is 8.71. The van der Waals surface area contributed by atoms with Crippen molar-refractivity contribution in [2.45, 2.75) is 19.1 Å². The molecule has 1 aromatic heterocycles. The average molecular weight is 283 g/mol. The molecule has 0 aliphatic rings. The molecule has 0 saturated carbocycles. The summed E-state index contributed by atoms with van der Waals surface area (Å²) in [6.07, 6.45) is -2.20. The van der Waals surface area contributed by atoms with Gasteiger partial charge in [-0.2, -0.15) is 18.3 Å². The van der Waals surface area contributed by atoms with Gasteiger partial charge in [-0.25, -0.2) is 0 Å². The molecule has 0 aliphatic heterocycles. The molecule has 108 valence electrons. The highest BCUT2D eigenvalue weighted by Gasteiger charge is 2.33. The lowest BCUT2D eigenvalue weighted by atomic mass is 10.0. The number of alkyl halides is 3. The maximum absolute atomic E-state index is 12.5. The van der Waals surface area contributed by atoms with Gasteiger partial charge in [0, 0.05) is 6.20 Å². The first kappa shape index (κ1) is 14.6. The summed E-state index contributed by atoms with van der Waals surface area (Å²) in [5.41, 5.74) is 1.25. The summed E-state index contributed by atoms with van der Waals surface area (Å²) >= 11 is 0. The number of hydrogen-bond donors (Lipinski definition) is 1. The van der Waals surface area contributed by atoms with E-state index in [-0.39, 0.29) is 0 Å². The number of benzene rings is 1. The van der Waals surface area contributed by atoms with E-state index in [1.807, 2.05) is 31.3 Å². The van der Waals surface area contributed by atoms with Crippen molar-refractivity contribution in [2.75, 3.05) is 13.6 Å². The van der Waals surface area contributed by atoms with Crippen molar-refractivity contribution in [1.82, 2.24) is 15.1 Å². The lowest BCUT2D eigenvalue weighted by molar-refractivity contribution is -0.141. The third-order valence-corrected chi connectivity index (χ3v) is 3.03. The topological polar surface area (TPSA) is 29.9 Å². The molecule has 0 aliphatic carbocycles. The lowest BCUT2D eigenvalue weighted by Gasteiger charge is -2.09. The molecule has 20 heavy (non-hydrogen) atoms. The largest absolute Gasteiger partial charge is 0.435 e. The summed E-state index contributed by atoms with van der Waals surface area (Å²) in [5, 5.41) is 6.63.